The molecule has 2 heteroatoms. The molecule has 0 aromatic rings. The fourth-order valence-corrected chi connectivity index (χ4v) is 1.92. The Morgan fingerprint density at radius 3 is 2.36 bits per heavy atom. The summed E-state index contributed by atoms with van der Waals surface area (Å²) in [6, 6.07) is 0. The molecule has 0 atom stereocenters. The number of rotatable bonds is 6. The van der Waals surface area contributed by atoms with Crippen molar-refractivity contribution in [2.45, 2.75) is 46.5 Å². The zero-order valence-electron chi connectivity index (χ0n) is 10.0. The largest absolute Gasteiger partial charge is 0.330 e. The van der Waals surface area contributed by atoms with Gasteiger partial charge < -0.3 is 11.1 Å². The van der Waals surface area contributed by atoms with Crippen LogP contribution in [0.1, 0.15) is 46.5 Å². The number of nitrogens with two attached hydrogens (primary N) is 1. The van der Waals surface area contributed by atoms with Crippen LogP contribution in [0.4, 0.5) is 0 Å². The van der Waals surface area contributed by atoms with Crippen molar-refractivity contribution < 1.29 is 0 Å². The summed E-state index contributed by atoms with van der Waals surface area (Å²) in [6.07, 6.45) is 5.25. The van der Waals surface area contributed by atoms with E-state index in [4.69, 9.17) is 5.73 Å². The molecular formula is C12H26N2. The summed E-state index contributed by atoms with van der Waals surface area (Å²) in [7, 11) is 0. The van der Waals surface area contributed by atoms with E-state index in [0.717, 1.165) is 19.6 Å². The Hall–Kier alpha value is -0.0800. The van der Waals surface area contributed by atoms with Crippen LogP contribution in [0, 0.1) is 10.8 Å². The van der Waals surface area contributed by atoms with Gasteiger partial charge in [0, 0.05) is 13.1 Å². The van der Waals surface area contributed by atoms with Gasteiger partial charge in [0.25, 0.3) is 0 Å². The molecule has 0 aromatic carbocycles. The number of hydrogen-bond acceptors (Lipinski definition) is 2. The summed E-state index contributed by atoms with van der Waals surface area (Å²) in [5.41, 5.74) is 6.69. The maximum atomic E-state index is 5.81. The Morgan fingerprint density at radius 1 is 1.36 bits per heavy atom. The lowest BCUT2D eigenvalue weighted by Crippen LogP contribution is -2.47. The number of nitrogens with one attached hydrogen (secondary N) is 1. The molecule has 0 saturated heterocycles. The van der Waals surface area contributed by atoms with Crippen LogP contribution in [0.15, 0.2) is 0 Å². The van der Waals surface area contributed by atoms with Gasteiger partial charge in [-0.1, -0.05) is 27.2 Å². The van der Waals surface area contributed by atoms with E-state index in [1.165, 1.54) is 25.7 Å². The third-order valence-electron chi connectivity index (χ3n) is 3.91. The Bertz CT molecular complexity index is 166. The maximum absolute atomic E-state index is 5.81. The highest BCUT2D eigenvalue weighted by atomic mass is 14.9. The Morgan fingerprint density at radius 2 is 2.00 bits per heavy atom. The average Bonchev–Trinajstić information content (AvgIpc) is 2.10. The number of hydrogen-bond donors (Lipinski definition) is 2. The molecule has 1 fully saturated rings. The van der Waals surface area contributed by atoms with Crippen LogP contribution in [-0.4, -0.2) is 19.6 Å². The second-order valence-electron chi connectivity index (χ2n) is 5.68. The molecular weight excluding hydrogens is 172 g/mol. The predicted octanol–water partition coefficient (Wildman–Crippen LogP) is 2.14. The zero-order chi connectivity index (χ0) is 10.7. The molecule has 1 saturated carbocycles. The van der Waals surface area contributed by atoms with Gasteiger partial charge in [-0.15, -0.1) is 0 Å². The van der Waals surface area contributed by atoms with Gasteiger partial charge in [0.05, 0.1) is 0 Å². The first-order chi connectivity index (χ1) is 6.54. The van der Waals surface area contributed by atoms with Crippen molar-refractivity contribution in [1.82, 2.24) is 5.32 Å². The van der Waals surface area contributed by atoms with E-state index < -0.39 is 0 Å². The van der Waals surface area contributed by atoms with Gasteiger partial charge in [0.15, 0.2) is 0 Å². The van der Waals surface area contributed by atoms with E-state index in [0.29, 0.717) is 10.8 Å². The van der Waals surface area contributed by atoms with Crippen molar-refractivity contribution in [3.63, 3.8) is 0 Å². The minimum atomic E-state index is 0.430. The molecule has 0 aliphatic heterocycles. The van der Waals surface area contributed by atoms with Gasteiger partial charge in [0.2, 0.25) is 0 Å². The van der Waals surface area contributed by atoms with Gasteiger partial charge in [0.1, 0.15) is 0 Å². The molecule has 0 spiro atoms. The van der Waals surface area contributed by atoms with Crippen molar-refractivity contribution >= 4 is 0 Å². The molecule has 3 N–H and O–H groups in total. The van der Waals surface area contributed by atoms with E-state index in [2.05, 4.69) is 26.1 Å². The van der Waals surface area contributed by atoms with Crippen molar-refractivity contribution in [1.29, 1.82) is 0 Å². The molecule has 0 radical (unpaired) electrons. The first kappa shape index (κ1) is 12.0. The Balaban J connectivity index is 2.20. The minimum absolute atomic E-state index is 0.430. The van der Waals surface area contributed by atoms with Crippen LogP contribution >= 0.6 is 0 Å². The Kier molecular flexibility index (Phi) is 3.96. The highest BCUT2D eigenvalue weighted by molar-refractivity contribution is 4.90. The van der Waals surface area contributed by atoms with Crippen LogP contribution in [0.5, 0.6) is 0 Å². The Labute approximate surface area is 88.6 Å². The molecule has 1 aliphatic carbocycles. The standard InChI is InChI=1S/C12H26N2/c1-4-11(2,3)9-14-10-12(8-13)6-5-7-12/h14H,4-10,13H2,1-3H3. The van der Waals surface area contributed by atoms with E-state index in [9.17, 15) is 0 Å². The summed E-state index contributed by atoms with van der Waals surface area (Å²) in [6.45, 7) is 9.97. The molecule has 0 amide bonds. The quantitative estimate of drug-likeness (QED) is 0.686. The van der Waals surface area contributed by atoms with Crippen LogP contribution in [0.3, 0.4) is 0 Å². The van der Waals surface area contributed by atoms with Gasteiger partial charge in [-0.25, -0.2) is 0 Å². The van der Waals surface area contributed by atoms with Crippen LogP contribution in [0.25, 0.3) is 0 Å². The molecule has 0 aromatic heterocycles. The third-order valence-corrected chi connectivity index (χ3v) is 3.91. The average molecular weight is 198 g/mol. The summed E-state index contributed by atoms with van der Waals surface area (Å²) >= 11 is 0. The molecule has 0 heterocycles. The highest BCUT2D eigenvalue weighted by Gasteiger charge is 2.35. The van der Waals surface area contributed by atoms with Crippen molar-refractivity contribution in [2.24, 2.45) is 16.6 Å². The van der Waals surface area contributed by atoms with Crippen LogP contribution in [0.2, 0.25) is 0 Å². The molecule has 14 heavy (non-hydrogen) atoms. The summed E-state index contributed by atoms with van der Waals surface area (Å²) in [5.74, 6) is 0. The van der Waals surface area contributed by atoms with Gasteiger partial charge in [-0.05, 0) is 36.6 Å². The summed E-state index contributed by atoms with van der Waals surface area (Å²) < 4.78 is 0. The first-order valence-electron chi connectivity index (χ1n) is 5.94. The van der Waals surface area contributed by atoms with Crippen molar-refractivity contribution in [3.05, 3.63) is 0 Å². The molecule has 2 nitrogen and oxygen atoms in total. The maximum Gasteiger partial charge on any atom is 0.00201 e. The third kappa shape index (κ3) is 2.96. The second kappa shape index (κ2) is 4.63. The van der Waals surface area contributed by atoms with E-state index in [1.807, 2.05) is 0 Å². The topological polar surface area (TPSA) is 38.0 Å². The first-order valence-corrected chi connectivity index (χ1v) is 5.94. The van der Waals surface area contributed by atoms with Gasteiger partial charge in [-0.3, -0.25) is 0 Å². The fraction of sp³-hybridized carbons (Fsp3) is 1.00. The summed E-state index contributed by atoms with van der Waals surface area (Å²) in [4.78, 5) is 0. The van der Waals surface area contributed by atoms with E-state index in [-0.39, 0.29) is 0 Å². The predicted molar refractivity (Wildman–Crippen MR) is 62.3 cm³/mol. The molecule has 0 bridgehead atoms. The van der Waals surface area contributed by atoms with E-state index >= 15 is 0 Å². The van der Waals surface area contributed by atoms with E-state index in [1.54, 1.807) is 0 Å². The molecule has 1 rings (SSSR count). The van der Waals surface area contributed by atoms with Crippen LogP contribution < -0.4 is 11.1 Å². The highest BCUT2D eigenvalue weighted by Crippen LogP contribution is 2.39. The van der Waals surface area contributed by atoms with Crippen molar-refractivity contribution in [3.8, 4) is 0 Å². The lowest BCUT2D eigenvalue weighted by molar-refractivity contribution is 0.134. The minimum Gasteiger partial charge on any atom is -0.330 e. The van der Waals surface area contributed by atoms with Crippen molar-refractivity contribution in [2.75, 3.05) is 19.6 Å². The summed E-state index contributed by atoms with van der Waals surface area (Å²) in [5, 5.41) is 3.59. The normalized spacial score (nSPS) is 20.6. The van der Waals surface area contributed by atoms with Gasteiger partial charge >= 0.3 is 0 Å². The lowest BCUT2D eigenvalue weighted by atomic mass is 9.68. The molecule has 84 valence electrons. The fourth-order valence-electron chi connectivity index (χ4n) is 1.92. The monoisotopic (exact) mass is 198 g/mol. The second-order valence-corrected chi connectivity index (χ2v) is 5.68. The smallest absolute Gasteiger partial charge is 0.00201 e. The van der Waals surface area contributed by atoms with Gasteiger partial charge in [-0.2, -0.15) is 0 Å². The molecule has 1 aliphatic rings. The van der Waals surface area contributed by atoms with Crippen LogP contribution in [-0.2, 0) is 0 Å². The SMILES string of the molecule is CCC(C)(C)CNCC1(CN)CCC1. The lowest BCUT2D eigenvalue weighted by Gasteiger charge is -2.42. The molecule has 0 unspecified atom stereocenters. The zero-order valence-corrected chi connectivity index (χ0v) is 10.0.